The lowest BCUT2D eigenvalue weighted by Crippen LogP contribution is -2.31. The molecule has 0 saturated heterocycles. The lowest BCUT2D eigenvalue weighted by Gasteiger charge is -2.10. The SMILES string of the molecule is CC(=O)NCC(=O)Nc1cccc(COc2ccc3c(c2)c(C#N)c(N)n3C)c1.Cn1c(N)c(C#N)c2cc(OCc3cccc(NC(=O)CN)c3)ccc21. The van der Waals surface area contributed by atoms with E-state index in [9.17, 15) is 24.9 Å². The molecule has 280 valence electrons. The molecule has 0 aliphatic carbocycles. The van der Waals surface area contributed by atoms with Gasteiger partial charge in [-0.25, -0.2) is 0 Å². The second kappa shape index (κ2) is 17.4. The van der Waals surface area contributed by atoms with Gasteiger partial charge in [-0.2, -0.15) is 10.5 Å². The monoisotopic (exact) mass is 740 g/mol. The molecule has 3 amide bonds. The van der Waals surface area contributed by atoms with Gasteiger partial charge in [0.1, 0.15) is 59.6 Å². The summed E-state index contributed by atoms with van der Waals surface area (Å²) in [6.07, 6.45) is 0. The van der Waals surface area contributed by atoms with Gasteiger partial charge in [-0.1, -0.05) is 24.3 Å². The topological polar surface area (TPSA) is 241 Å². The molecule has 0 spiro atoms. The van der Waals surface area contributed by atoms with Gasteiger partial charge in [0.15, 0.2) is 0 Å². The minimum atomic E-state index is -0.311. The second-order valence-electron chi connectivity index (χ2n) is 12.4. The molecule has 15 nitrogen and oxygen atoms in total. The van der Waals surface area contributed by atoms with Crippen molar-refractivity contribution in [3.63, 3.8) is 0 Å². The van der Waals surface area contributed by atoms with Crippen LogP contribution in [0.15, 0.2) is 84.9 Å². The summed E-state index contributed by atoms with van der Waals surface area (Å²) in [6.45, 7) is 1.80. The van der Waals surface area contributed by atoms with Gasteiger partial charge in [0.05, 0.1) is 24.1 Å². The summed E-state index contributed by atoms with van der Waals surface area (Å²) in [5.41, 5.74) is 22.9. The van der Waals surface area contributed by atoms with Crippen molar-refractivity contribution in [1.82, 2.24) is 14.5 Å². The maximum atomic E-state index is 11.8. The van der Waals surface area contributed by atoms with Gasteiger partial charge >= 0.3 is 0 Å². The Labute approximate surface area is 316 Å². The van der Waals surface area contributed by atoms with Gasteiger partial charge in [-0.05, 0) is 71.8 Å². The van der Waals surface area contributed by atoms with Gasteiger partial charge in [0.25, 0.3) is 0 Å². The molecule has 0 radical (unpaired) electrons. The highest BCUT2D eigenvalue weighted by atomic mass is 16.5. The average Bonchev–Trinajstić information content (AvgIpc) is 3.57. The van der Waals surface area contributed by atoms with Crippen LogP contribution in [0.2, 0.25) is 0 Å². The first-order valence-corrected chi connectivity index (χ1v) is 17.0. The fraction of sp³-hybridized carbons (Fsp3) is 0.175. The number of nitrogens with one attached hydrogen (secondary N) is 3. The molecule has 15 heteroatoms. The minimum Gasteiger partial charge on any atom is -0.489 e. The number of nitriles is 2. The van der Waals surface area contributed by atoms with E-state index in [1.165, 1.54) is 6.92 Å². The van der Waals surface area contributed by atoms with Gasteiger partial charge in [0.2, 0.25) is 17.7 Å². The van der Waals surface area contributed by atoms with Gasteiger partial charge < -0.3 is 51.8 Å². The summed E-state index contributed by atoms with van der Waals surface area (Å²) < 4.78 is 15.2. The Kier molecular flexibility index (Phi) is 12.2. The van der Waals surface area contributed by atoms with Crippen LogP contribution in [0.1, 0.15) is 29.2 Å². The van der Waals surface area contributed by atoms with Gasteiger partial charge in [0, 0.05) is 43.2 Å². The second-order valence-corrected chi connectivity index (χ2v) is 12.4. The summed E-state index contributed by atoms with van der Waals surface area (Å²) in [5, 5.41) is 28.1. The van der Waals surface area contributed by atoms with Crippen LogP contribution < -0.4 is 42.6 Å². The molecule has 0 atom stereocenters. The Bertz CT molecular complexity index is 2490. The highest BCUT2D eigenvalue weighted by Crippen LogP contribution is 2.31. The molecule has 55 heavy (non-hydrogen) atoms. The van der Waals surface area contributed by atoms with Crippen molar-refractivity contribution in [3.05, 3.63) is 107 Å². The van der Waals surface area contributed by atoms with E-state index in [2.05, 4.69) is 28.1 Å². The van der Waals surface area contributed by atoms with Crippen LogP contribution in [0.4, 0.5) is 23.0 Å². The van der Waals surface area contributed by atoms with Crippen molar-refractivity contribution < 1.29 is 23.9 Å². The van der Waals surface area contributed by atoms with Crippen molar-refractivity contribution in [2.75, 3.05) is 35.2 Å². The predicted octanol–water partition coefficient (Wildman–Crippen LogP) is 4.39. The summed E-state index contributed by atoms with van der Waals surface area (Å²) >= 11 is 0. The van der Waals surface area contributed by atoms with E-state index >= 15 is 0 Å². The maximum Gasteiger partial charge on any atom is 0.243 e. The molecule has 6 rings (SSSR count). The van der Waals surface area contributed by atoms with E-state index in [0.717, 1.165) is 32.9 Å². The van der Waals surface area contributed by atoms with Crippen molar-refractivity contribution in [2.45, 2.75) is 20.1 Å². The number of carbonyl (C=O) groups is 3. The summed E-state index contributed by atoms with van der Waals surface area (Å²) in [4.78, 5) is 34.1. The van der Waals surface area contributed by atoms with E-state index in [0.29, 0.717) is 52.2 Å². The molecule has 0 saturated carbocycles. The lowest BCUT2D eigenvalue weighted by molar-refractivity contribution is -0.122. The molecular formula is C40H40N10O5. The number of nitrogens with zero attached hydrogens (tertiary/aromatic N) is 4. The minimum absolute atomic E-state index is 0.0673. The van der Waals surface area contributed by atoms with Crippen LogP contribution in [0, 0.1) is 22.7 Å². The zero-order chi connectivity index (χ0) is 39.6. The van der Waals surface area contributed by atoms with Crippen molar-refractivity contribution in [1.29, 1.82) is 10.5 Å². The van der Waals surface area contributed by atoms with Crippen LogP contribution in [0.3, 0.4) is 0 Å². The number of ether oxygens (including phenoxy) is 2. The molecular weight excluding hydrogens is 701 g/mol. The number of aryl methyl sites for hydroxylation is 2. The fourth-order valence-electron chi connectivity index (χ4n) is 5.73. The van der Waals surface area contributed by atoms with Crippen LogP contribution in [0.25, 0.3) is 21.8 Å². The van der Waals surface area contributed by atoms with E-state index in [4.69, 9.17) is 26.7 Å². The normalized spacial score (nSPS) is 10.4. The number of benzene rings is 4. The number of nitrogen functional groups attached to an aromatic ring is 2. The van der Waals surface area contributed by atoms with Crippen molar-refractivity contribution in [2.24, 2.45) is 19.8 Å². The van der Waals surface area contributed by atoms with Crippen molar-refractivity contribution in [3.8, 4) is 23.6 Å². The molecule has 6 aromatic rings. The summed E-state index contributed by atoms with van der Waals surface area (Å²) in [7, 11) is 3.63. The Balaban J connectivity index is 0.000000212. The number of nitrogens with two attached hydrogens (primary N) is 3. The molecule has 2 aromatic heterocycles. The van der Waals surface area contributed by atoms with E-state index in [-0.39, 0.29) is 37.4 Å². The number of aromatic nitrogens is 2. The number of hydrogen-bond acceptors (Lipinski definition) is 10. The Morgan fingerprint density at radius 1 is 0.691 bits per heavy atom. The summed E-state index contributed by atoms with van der Waals surface area (Å²) in [5.74, 6) is 1.27. The predicted molar refractivity (Wildman–Crippen MR) is 211 cm³/mol. The first-order valence-electron chi connectivity index (χ1n) is 17.0. The molecule has 0 unspecified atom stereocenters. The van der Waals surface area contributed by atoms with Crippen LogP contribution in [0.5, 0.6) is 11.5 Å². The number of hydrogen-bond donors (Lipinski definition) is 6. The van der Waals surface area contributed by atoms with E-state index < -0.39 is 0 Å². The van der Waals surface area contributed by atoms with E-state index in [1.807, 2.05) is 74.8 Å². The average molecular weight is 741 g/mol. The number of amides is 3. The van der Waals surface area contributed by atoms with E-state index in [1.54, 1.807) is 33.4 Å². The van der Waals surface area contributed by atoms with Gasteiger partial charge in [-0.3, -0.25) is 14.4 Å². The lowest BCUT2D eigenvalue weighted by atomic mass is 10.1. The number of rotatable bonds is 11. The molecule has 0 fully saturated rings. The Morgan fingerprint density at radius 3 is 1.56 bits per heavy atom. The smallest absolute Gasteiger partial charge is 0.243 e. The van der Waals surface area contributed by atoms with Crippen LogP contribution in [-0.4, -0.2) is 39.9 Å². The highest BCUT2D eigenvalue weighted by Gasteiger charge is 2.15. The standard InChI is InChI=1S/C21H21N5O3.C19H19N5O2/c1-13(27)24-11-20(28)25-15-5-3-4-14(8-15)12-29-16-6-7-19-17(9-16)18(10-22)21(23)26(19)2;1-24-17-6-5-14(8-15(17)16(9-20)19(24)22)26-11-12-3-2-4-13(7-12)23-18(25)10-21/h3-9H,11-12,23H2,1-2H3,(H,24,27)(H,25,28);2-8H,10-11,21-22H2,1H3,(H,23,25). The quantitative estimate of drug-likeness (QED) is 0.109. The zero-order valence-electron chi connectivity index (χ0n) is 30.5. The third-order valence-electron chi connectivity index (χ3n) is 8.57. The Hall–Kier alpha value is -7.49. The molecule has 0 aliphatic heterocycles. The number of carbonyl (C=O) groups excluding carboxylic acids is 3. The fourth-order valence-corrected chi connectivity index (χ4v) is 5.73. The van der Waals surface area contributed by atoms with Crippen LogP contribution >= 0.6 is 0 Å². The third kappa shape index (κ3) is 9.31. The largest absolute Gasteiger partial charge is 0.489 e. The maximum absolute atomic E-state index is 11.8. The summed E-state index contributed by atoms with van der Waals surface area (Å²) in [6, 6.07) is 29.9. The van der Waals surface area contributed by atoms with Crippen molar-refractivity contribution >= 4 is 62.5 Å². The first kappa shape index (κ1) is 38.7. The molecule has 0 aliphatic rings. The number of fused-ring (bicyclic) bond motifs is 2. The molecule has 9 N–H and O–H groups in total. The first-order chi connectivity index (χ1) is 26.4. The van der Waals surface area contributed by atoms with Gasteiger partial charge in [-0.15, -0.1) is 0 Å². The van der Waals surface area contributed by atoms with Crippen LogP contribution in [-0.2, 0) is 41.7 Å². The third-order valence-corrected chi connectivity index (χ3v) is 8.57. The number of anilines is 4. The molecule has 0 bridgehead atoms. The molecule has 4 aromatic carbocycles. The highest BCUT2D eigenvalue weighted by molar-refractivity contribution is 5.95. The zero-order valence-corrected chi connectivity index (χ0v) is 30.5. The Morgan fingerprint density at radius 2 is 1.15 bits per heavy atom. The molecule has 2 heterocycles.